The third kappa shape index (κ3) is 2.25. The zero-order valence-corrected chi connectivity index (χ0v) is 8.42. The molecule has 0 spiro atoms. The van der Waals surface area contributed by atoms with E-state index in [1.807, 2.05) is 0 Å². The SMILES string of the molecule is CCCCNc1n[nH]c(C)c1C(=O)O. The Balaban J connectivity index is 2.71. The lowest BCUT2D eigenvalue weighted by Crippen LogP contribution is -2.07. The highest BCUT2D eigenvalue weighted by molar-refractivity contribution is 5.94. The van der Waals surface area contributed by atoms with Gasteiger partial charge in [-0.2, -0.15) is 5.10 Å². The number of hydrogen-bond acceptors (Lipinski definition) is 3. The molecule has 0 saturated carbocycles. The Hall–Kier alpha value is -1.52. The zero-order valence-electron chi connectivity index (χ0n) is 8.42. The molecule has 5 nitrogen and oxygen atoms in total. The maximum atomic E-state index is 10.8. The van der Waals surface area contributed by atoms with E-state index in [9.17, 15) is 4.79 Å². The molecule has 0 aromatic carbocycles. The van der Waals surface area contributed by atoms with Crippen molar-refractivity contribution >= 4 is 11.8 Å². The number of aromatic nitrogens is 2. The average Bonchev–Trinajstić information content (AvgIpc) is 2.47. The van der Waals surface area contributed by atoms with E-state index in [2.05, 4.69) is 22.4 Å². The number of aromatic carboxylic acids is 1. The van der Waals surface area contributed by atoms with Crippen molar-refractivity contribution in [3.8, 4) is 0 Å². The predicted molar refractivity (Wildman–Crippen MR) is 53.7 cm³/mol. The minimum atomic E-state index is -0.949. The summed E-state index contributed by atoms with van der Waals surface area (Å²) in [4.78, 5) is 10.8. The molecule has 1 rings (SSSR count). The van der Waals surface area contributed by atoms with Crippen LogP contribution in [0.25, 0.3) is 0 Å². The van der Waals surface area contributed by atoms with Crippen LogP contribution in [0, 0.1) is 6.92 Å². The summed E-state index contributed by atoms with van der Waals surface area (Å²) >= 11 is 0. The first-order valence-corrected chi connectivity index (χ1v) is 4.69. The number of anilines is 1. The van der Waals surface area contributed by atoms with Crippen LogP contribution >= 0.6 is 0 Å². The molecule has 0 amide bonds. The Morgan fingerprint density at radius 2 is 2.36 bits per heavy atom. The molecule has 0 aliphatic rings. The minimum absolute atomic E-state index is 0.237. The monoisotopic (exact) mass is 197 g/mol. The molecule has 0 saturated heterocycles. The molecule has 0 aliphatic carbocycles. The van der Waals surface area contributed by atoms with Crippen LogP contribution in [0.5, 0.6) is 0 Å². The van der Waals surface area contributed by atoms with Gasteiger partial charge in [-0.3, -0.25) is 5.10 Å². The van der Waals surface area contributed by atoms with Crippen LogP contribution in [0.4, 0.5) is 5.82 Å². The average molecular weight is 197 g/mol. The predicted octanol–water partition coefficient (Wildman–Crippen LogP) is 1.63. The number of aromatic amines is 1. The summed E-state index contributed by atoms with van der Waals surface area (Å²) in [6.07, 6.45) is 2.07. The number of carbonyl (C=O) groups is 1. The van der Waals surface area contributed by atoms with Crippen molar-refractivity contribution in [2.24, 2.45) is 0 Å². The summed E-state index contributed by atoms with van der Waals surface area (Å²) in [5.41, 5.74) is 0.817. The van der Waals surface area contributed by atoms with Gasteiger partial charge >= 0.3 is 5.97 Å². The molecule has 0 bridgehead atoms. The van der Waals surface area contributed by atoms with E-state index < -0.39 is 5.97 Å². The second-order valence-electron chi connectivity index (χ2n) is 3.16. The van der Waals surface area contributed by atoms with E-state index in [1.165, 1.54) is 0 Å². The number of rotatable bonds is 5. The number of nitrogens with one attached hydrogen (secondary N) is 2. The fourth-order valence-electron chi connectivity index (χ4n) is 1.20. The van der Waals surface area contributed by atoms with Crippen LogP contribution in [0.15, 0.2) is 0 Å². The molecule has 0 fully saturated rings. The van der Waals surface area contributed by atoms with Crippen LogP contribution in [-0.2, 0) is 0 Å². The Kier molecular flexibility index (Phi) is 3.50. The molecule has 1 aromatic heterocycles. The van der Waals surface area contributed by atoms with Crippen molar-refractivity contribution in [3.05, 3.63) is 11.3 Å². The van der Waals surface area contributed by atoms with Crippen LogP contribution in [-0.4, -0.2) is 27.8 Å². The first-order valence-electron chi connectivity index (χ1n) is 4.69. The van der Waals surface area contributed by atoms with Gasteiger partial charge in [-0.15, -0.1) is 0 Å². The van der Waals surface area contributed by atoms with Crippen molar-refractivity contribution in [2.45, 2.75) is 26.7 Å². The number of carboxylic acids is 1. The first kappa shape index (κ1) is 10.6. The molecule has 14 heavy (non-hydrogen) atoms. The first-order chi connectivity index (χ1) is 6.66. The maximum Gasteiger partial charge on any atom is 0.341 e. The number of nitrogens with zero attached hydrogens (tertiary/aromatic N) is 1. The van der Waals surface area contributed by atoms with Gasteiger partial charge in [0.2, 0.25) is 0 Å². The number of H-pyrrole nitrogens is 1. The van der Waals surface area contributed by atoms with Gasteiger partial charge in [0.25, 0.3) is 0 Å². The Labute approximate surface area is 82.5 Å². The molecule has 0 radical (unpaired) electrons. The standard InChI is InChI=1S/C9H15N3O2/c1-3-4-5-10-8-7(9(13)14)6(2)11-12-8/h3-5H2,1-2H3,(H,13,14)(H2,10,11,12). The van der Waals surface area contributed by atoms with Gasteiger partial charge in [0.1, 0.15) is 5.56 Å². The molecular formula is C9H15N3O2. The van der Waals surface area contributed by atoms with E-state index in [4.69, 9.17) is 5.11 Å². The molecule has 5 heteroatoms. The van der Waals surface area contributed by atoms with Gasteiger partial charge in [0.15, 0.2) is 5.82 Å². The summed E-state index contributed by atoms with van der Waals surface area (Å²) in [6, 6.07) is 0. The van der Waals surface area contributed by atoms with Gasteiger partial charge in [-0.1, -0.05) is 13.3 Å². The van der Waals surface area contributed by atoms with Gasteiger partial charge < -0.3 is 10.4 Å². The Morgan fingerprint density at radius 3 is 2.93 bits per heavy atom. The summed E-state index contributed by atoms with van der Waals surface area (Å²) < 4.78 is 0. The van der Waals surface area contributed by atoms with Crippen molar-refractivity contribution in [3.63, 3.8) is 0 Å². The maximum absolute atomic E-state index is 10.8. The highest BCUT2D eigenvalue weighted by atomic mass is 16.4. The summed E-state index contributed by atoms with van der Waals surface area (Å²) in [7, 11) is 0. The van der Waals surface area contributed by atoms with Crippen LogP contribution < -0.4 is 5.32 Å². The number of unbranched alkanes of at least 4 members (excludes halogenated alkanes) is 1. The third-order valence-corrected chi connectivity index (χ3v) is 1.98. The molecule has 78 valence electrons. The van der Waals surface area contributed by atoms with Crippen molar-refractivity contribution < 1.29 is 9.90 Å². The Bertz CT molecular complexity index is 320. The summed E-state index contributed by atoms with van der Waals surface area (Å²) in [6.45, 7) is 4.53. The zero-order chi connectivity index (χ0) is 10.6. The van der Waals surface area contributed by atoms with Crippen LogP contribution in [0.1, 0.15) is 35.8 Å². The Morgan fingerprint density at radius 1 is 1.64 bits per heavy atom. The van der Waals surface area contributed by atoms with Gasteiger partial charge in [0, 0.05) is 12.2 Å². The third-order valence-electron chi connectivity index (χ3n) is 1.98. The molecular weight excluding hydrogens is 182 g/mol. The van der Waals surface area contributed by atoms with Gasteiger partial charge in [0.05, 0.1) is 0 Å². The van der Waals surface area contributed by atoms with Crippen molar-refractivity contribution in [1.82, 2.24) is 10.2 Å². The molecule has 0 atom stereocenters. The normalized spacial score (nSPS) is 10.1. The molecule has 1 heterocycles. The van der Waals surface area contributed by atoms with Crippen molar-refractivity contribution in [1.29, 1.82) is 0 Å². The lowest BCUT2D eigenvalue weighted by molar-refractivity contribution is 0.0697. The number of aryl methyl sites for hydroxylation is 1. The summed E-state index contributed by atoms with van der Waals surface area (Å²) in [5.74, 6) is -0.515. The second kappa shape index (κ2) is 4.64. The summed E-state index contributed by atoms with van der Waals surface area (Å²) in [5, 5.41) is 18.4. The lowest BCUT2D eigenvalue weighted by atomic mass is 10.2. The van der Waals surface area contributed by atoms with E-state index in [0.717, 1.165) is 19.4 Å². The second-order valence-corrected chi connectivity index (χ2v) is 3.16. The largest absolute Gasteiger partial charge is 0.477 e. The molecule has 1 aromatic rings. The quantitative estimate of drug-likeness (QED) is 0.627. The van der Waals surface area contributed by atoms with Crippen LogP contribution in [0.2, 0.25) is 0 Å². The fraction of sp³-hybridized carbons (Fsp3) is 0.556. The highest BCUT2D eigenvalue weighted by Gasteiger charge is 2.16. The fourth-order valence-corrected chi connectivity index (χ4v) is 1.20. The molecule has 3 N–H and O–H groups in total. The highest BCUT2D eigenvalue weighted by Crippen LogP contribution is 2.15. The van der Waals surface area contributed by atoms with E-state index in [0.29, 0.717) is 11.5 Å². The smallest absolute Gasteiger partial charge is 0.341 e. The van der Waals surface area contributed by atoms with Gasteiger partial charge in [-0.25, -0.2) is 4.79 Å². The number of carboxylic acid groups (broad SMARTS) is 1. The van der Waals surface area contributed by atoms with E-state index >= 15 is 0 Å². The minimum Gasteiger partial charge on any atom is -0.477 e. The topological polar surface area (TPSA) is 78.0 Å². The number of hydrogen-bond donors (Lipinski definition) is 3. The van der Waals surface area contributed by atoms with Crippen molar-refractivity contribution in [2.75, 3.05) is 11.9 Å². The van der Waals surface area contributed by atoms with Gasteiger partial charge in [-0.05, 0) is 13.3 Å². The van der Waals surface area contributed by atoms with E-state index in [1.54, 1.807) is 6.92 Å². The molecule has 0 unspecified atom stereocenters. The van der Waals surface area contributed by atoms with E-state index in [-0.39, 0.29) is 5.56 Å². The van der Waals surface area contributed by atoms with Crippen LogP contribution in [0.3, 0.4) is 0 Å². The lowest BCUT2D eigenvalue weighted by Gasteiger charge is -2.02. The molecule has 0 aliphatic heterocycles.